The van der Waals surface area contributed by atoms with Gasteiger partial charge in [-0.3, -0.25) is 4.72 Å². The molecular formula is C11H15N5O2S. The summed E-state index contributed by atoms with van der Waals surface area (Å²) in [7, 11) is -3.66. The van der Waals surface area contributed by atoms with Gasteiger partial charge in [0, 0.05) is 31.2 Å². The summed E-state index contributed by atoms with van der Waals surface area (Å²) < 4.78 is 28.5. The average molecular weight is 281 g/mol. The number of aromatic nitrogens is 3. The molecule has 0 fully saturated rings. The molecule has 0 spiro atoms. The van der Waals surface area contributed by atoms with Gasteiger partial charge < -0.3 is 10.3 Å². The van der Waals surface area contributed by atoms with Crippen molar-refractivity contribution in [2.45, 2.75) is 24.9 Å². The molecule has 0 aliphatic carbocycles. The van der Waals surface area contributed by atoms with Crippen molar-refractivity contribution in [1.29, 1.82) is 0 Å². The van der Waals surface area contributed by atoms with Gasteiger partial charge in [-0.2, -0.15) is 5.10 Å². The van der Waals surface area contributed by atoms with Gasteiger partial charge in [0.05, 0.1) is 0 Å². The number of aryl methyl sites for hydroxylation is 1. The molecule has 0 amide bonds. The Morgan fingerprint density at radius 3 is 2.79 bits per heavy atom. The highest BCUT2D eigenvalue weighted by Gasteiger charge is 2.18. The molecule has 8 heteroatoms. The second-order valence-electron chi connectivity index (χ2n) is 3.87. The Kier molecular flexibility index (Phi) is 3.82. The molecule has 0 aliphatic heterocycles. The fourth-order valence-electron chi connectivity index (χ4n) is 1.69. The first-order valence-electron chi connectivity index (χ1n) is 5.76. The number of sulfonamides is 1. The number of nitrogens with two attached hydrogens (primary N) is 1. The largest absolute Gasteiger partial charge is 0.349 e. The molecule has 0 atom stereocenters. The van der Waals surface area contributed by atoms with Gasteiger partial charge in [-0.1, -0.05) is 0 Å². The number of anilines is 1. The lowest BCUT2D eigenvalue weighted by atomic mass is 10.4. The Labute approximate surface area is 111 Å². The minimum atomic E-state index is -3.66. The number of nitrogens with one attached hydrogen (secondary N) is 1. The van der Waals surface area contributed by atoms with Crippen LogP contribution in [-0.2, 0) is 23.1 Å². The fraction of sp³-hybridized carbons (Fsp3) is 0.273. The zero-order valence-electron chi connectivity index (χ0n) is 10.4. The Morgan fingerprint density at radius 1 is 1.47 bits per heavy atom. The van der Waals surface area contributed by atoms with E-state index in [9.17, 15) is 8.42 Å². The molecule has 3 N–H and O–H groups in total. The third-order valence-corrected chi connectivity index (χ3v) is 3.95. The van der Waals surface area contributed by atoms with E-state index in [2.05, 4.69) is 14.9 Å². The lowest BCUT2D eigenvalue weighted by Gasteiger charge is -2.04. The molecule has 0 bridgehead atoms. The van der Waals surface area contributed by atoms with Crippen molar-refractivity contribution in [3.63, 3.8) is 0 Å². The molecule has 0 aromatic carbocycles. The van der Waals surface area contributed by atoms with E-state index in [1.807, 2.05) is 6.92 Å². The second-order valence-corrected chi connectivity index (χ2v) is 5.55. The molecule has 102 valence electrons. The molecule has 2 aromatic heterocycles. The van der Waals surface area contributed by atoms with Crippen molar-refractivity contribution >= 4 is 15.8 Å². The van der Waals surface area contributed by atoms with Crippen molar-refractivity contribution in [3.05, 3.63) is 36.3 Å². The summed E-state index contributed by atoms with van der Waals surface area (Å²) in [4.78, 5) is 0.167. The predicted octanol–water partition coefficient (Wildman–Crippen LogP) is 0.558. The van der Waals surface area contributed by atoms with E-state index in [4.69, 9.17) is 5.73 Å². The van der Waals surface area contributed by atoms with Gasteiger partial charge in [0.1, 0.15) is 4.90 Å². The quantitative estimate of drug-likeness (QED) is 0.833. The first-order valence-corrected chi connectivity index (χ1v) is 7.24. The SMILES string of the molecule is CCn1cc(S(=O)(=O)Nc2cccnn2)cc1CN. The van der Waals surface area contributed by atoms with Crippen LogP contribution in [0.15, 0.2) is 35.5 Å². The Balaban J connectivity index is 2.32. The van der Waals surface area contributed by atoms with E-state index in [-0.39, 0.29) is 17.3 Å². The van der Waals surface area contributed by atoms with E-state index < -0.39 is 10.0 Å². The van der Waals surface area contributed by atoms with E-state index in [1.165, 1.54) is 12.3 Å². The van der Waals surface area contributed by atoms with Crippen molar-refractivity contribution in [2.24, 2.45) is 5.73 Å². The van der Waals surface area contributed by atoms with Crippen molar-refractivity contribution in [1.82, 2.24) is 14.8 Å². The standard InChI is InChI=1S/C11H15N5O2S/c1-2-16-8-10(6-9(16)7-12)19(17,18)15-11-4-3-5-13-14-11/h3-6,8H,2,7,12H2,1H3,(H,14,15). The zero-order chi connectivity index (χ0) is 13.9. The van der Waals surface area contributed by atoms with E-state index >= 15 is 0 Å². The summed E-state index contributed by atoms with van der Waals surface area (Å²) in [5, 5.41) is 7.30. The average Bonchev–Trinajstić information content (AvgIpc) is 2.83. The minimum Gasteiger partial charge on any atom is -0.349 e. The Morgan fingerprint density at radius 2 is 2.26 bits per heavy atom. The molecule has 0 saturated carbocycles. The molecule has 0 saturated heterocycles. The highest BCUT2D eigenvalue weighted by Crippen LogP contribution is 2.17. The smallest absolute Gasteiger partial charge is 0.264 e. The van der Waals surface area contributed by atoms with Crippen molar-refractivity contribution < 1.29 is 8.42 Å². The number of nitrogens with zero attached hydrogens (tertiary/aromatic N) is 3. The zero-order valence-corrected chi connectivity index (χ0v) is 11.3. The maximum Gasteiger partial charge on any atom is 0.264 e. The van der Waals surface area contributed by atoms with Gasteiger partial charge in [-0.25, -0.2) is 8.42 Å². The molecule has 0 radical (unpaired) electrons. The Hall–Kier alpha value is -1.93. The first-order chi connectivity index (χ1) is 9.06. The van der Waals surface area contributed by atoms with Crippen LogP contribution in [0.5, 0.6) is 0 Å². The van der Waals surface area contributed by atoms with Crippen LogP contribution in [0.3, 0.4) is 0 Å². The fourth-order valence-corrected chi connectivity index (χ4v) is 2.75. The van der Waals surface area contributed by atoms with Gasteiger partial charge in [0.15, 0.2) is 5.82 Å². The van der Waals surface area contributed by atoms with Gasteiger partial charge in [-0.15, -0.1) is 5.10 Å². The molecule has 2 heterocycles. The lowest BCUT2D eigenvalue weighted by Crippen LogP contribution is -2.13. The van der Waals surface area contributed by atoms with E-state index in [1.54, 1.807) is 22.9 Å². The number of rotatable bonds is 5. The van der Waals surface area contributed by atoms with Crippen LogP contribution >= 0.6 is 0 Å². The normalized spacial score (nSPS) is 11.5. The molecule has 0 unspecified atom stereocenters. The Bertz CT molecular complexity index is 629. The van der Waals surface area contributed by atoms with Gasteiger partial charge in [0.2, 0.25) is 0 Å². The highest BCUT2D eigenvalue weighted by atomic mass is 32.2. The summed E-state index contributed by atoms with van der Waals surface area (Å²) in [6.07, 6.45) is 3.03. The lowest BCUT2D eigenvalue weighted by molar-refractivity contribution is 0.600. The monoisotopic (exact) mass is 281 g/mol. The van der Waals surface area contributed by atoms with Crippen LogP contribution in [0.25, 0.3) is 0 Å². The van der Waals surface area contributed by atoms with Crippen LogP contribution in [0.4, 0.5) is 5.82 Å². The highest BCUT2D eigenvalue weighted by molar-refractivity contribution is 7.92. The van der Waals surface area contributed by atoms with Gasteiger partial charge >= 0.3 is 0 Å². The van der Waals surface area contributed by atoms with Crippen LogP contribution in [0, 0.1) is 0 Å². The van der Waals surface area contributed by atoms with Crippen molar-refractivity contribution in [2.75, 3.05) is 4.72 Å². The molecule has 19 heavy (non-hydrogen) atoms. The number of hydrogen-bond acceptors (Lipinski definition) is 5. The summed E-state index contributed by atoms with van der Waals surface area (Å²) in [5.41, 5.74) is 6.34. The summed E-state index contributed by atoms with van der Waals surface area (Å²) in [5.74, 6) is 0.182. The third-order valence-electron chi connectivity index (χ3n) is 2.63. The maximum absolute atomic E-state index is 12.2. The molecule has 0 aliphatic rings. The van der Waals surface area contributed by atoms with Gasteiger partial charge in [0.25, 0.3) is 10.0 Å². The predicted molar refractivity (Wildman–Crippen MR) is 70.8 cm³/mol. The minimum absolute atomic E-state index is 0.167. The van der Waals surface area contributed by atoms with Crippen LogP contribution in [-0.4, -0.2) is 23.2 Å². The van der Waals surface area contributed by atoms with Crippen LogP contribution in [0.2, 0.25) is 0 Å². The maximum atomic E-state index is 12.2. The number of hydrogen-bond donors (Lipinski definition) is 2. The molecule has 7 nitrogen and oxygen atoms in total. The topological polar surface area (TPSA) is 103 Å². The van der Waals surface area contributed by atoms with Gasteiger partial charge in [-0.05, 0) is 25.1 Å². The van der Waals surface area contributed by atoms with Crippen LogP contribution < -0.4 is 10.5 Å². The molecular weight excluding hydrogens is 266 g/mol. The summed E-state index contributed by atoms with van der Waals surface area (Å²) in [6.45, 7) is 2.87. The summed E-state index contributed by atoms with van der Waals surface area (Å²) >= 11 is 0. The van der Waals surface area contributed by atoms with E-state index in [0.29, 0.717) is 6.54 Å². The van der Waals surface area contributed by atoms with Crippen molar-refractivity contribution in [3.8, 4) is 0 Å². The summed E-state index contributed by atoms with van der Waals surface area (Å²) in [6, 6.07) is 4.70. The second kappa shape index (κ2) is 5.37. The van der Waals surface area contributed by atoms with E-state index in [0.717, 1.165) is 5.69 Å². The molecule has 2 aromatic rings. The molecule has 2 rings (SSSR count). The third kappa shape index (κ3) is 2.91. The first kappa shape index (κ1) is 13.5. The van der Waals surface area contributed by atoms with Crippen LogP contribution in [0.1, 0.15) is 12.6 Å².